The molecule has 0 aromatic heterocycles. The van der Waals surface area contributed by atoms with Crippen LogP contribution >= 0.6 is 11.6 Å². The van der Waals surface area contributed by atoms with E-state index < -0.39 is 23.6 Å². The minimum Gasteiger partial charge on any atom is -0.350 e. The number of aryl methyl sites for hydroxylation is 1. The zero-order valence-electron chi connectivity index (χ0n) is 16.7. The number of carbonyl (C=O) groups is 2. The molecule has 162 valence electrons. The molecule has 4 nitrogen and oxygen atoms in total. The van der Waals surface area contributed by atoms with Crippen molar-refractivity contribution in [1.82, 2.24) is 0 Å². The summed E-state index contributed by atoms with van der Waals surface area (Å²) in [4.78, 5) is 27.4. The third-order valence-electron chi connectivity index (χ3n) is 5.03. The first-order valence-corrected chi connectivity index (χ1v) is 9.93. The summed E-state index contributed by atoms with van der Waals surface area (Å²) in [6, 6.07) is 17.6. The van der Waals surface area contributed by atoms with Crippen LogP contribution in [0.5, 0.6) is 0 Å². The number of halogens is 4. The average molecular weight is 457 g/mol. The predicted octanol–water partition coefficient (Wildman–Crippen LogP) is 6.06. The molecular weight excluding hydrogens is 441 g/mol. The van der Waals surface area contributed by atoms with Crippen LogP contribution in [0.15, 0.2) is 78.5 Å². The lowest BCUT2D eigenvalue weighted by Crippen LogP contribution is -2.32. The molecule has 4 rings (SSSR count). The Bertz CT molecular complexity index is 1250. The van der Waals surface area contributed by atoms with Crippen molar-refractivity contribution in [2.24, 2.45) is 0 Å². The van der Waals surface area contributed by atoms with E-state index >= 15 is 0 Å². The van der Waals surface area contributed by atoms with Gasteiger partial charge in [0.15, 0.2) is 0 Å². The topological polar surface area (TPSA) is 49.4 Å². The second kappa shape index (κ2) is 8.16. The van der Waals surface area contributed by atoms with Gasteiger partial charge in [0.1, 0.15) is 5.70 Å². The Morgan fingerprint density at radius 2 is 1.59 bits per heavy atom. The lowest BCUT2D eigenvalue weighted by atomic mass is 10.0. The quantitative estimate of drug-likeness (QED) is 0.485. The van der Waals surface area contributed by atoms with E-state index in [9.17, 15) is 22.8 Å². The maximum atomic E-state index is 13.3. The molecule has 1 aliphatic rings. The fourth-order valence-corrected chi connectivity index (χ4v) is 3.70. The molecule has 32 heavy (non-hydrogen) atoms. The second-order valence-corrected chi connectivity index (χ2v) is 7.63. The fraction of sp³-hybridized carbons (Fsp3) is 0.0833. The Morgan fingerprint density at radius 3 is 2.25 bits per heavy atom. The van der Waals surface area contributed by atoms with E-state index in [0.717, 1.165) is 28.7 Å². The molecule has 0 saturated carbocycles. The monoisotopic (exact) mass is 456 g/mol. The van der Waals surface area contributed by atoms with Crippen LogP contribution < -0.4 is 10.2 Å². The molecule has 2 amide bonds. The lowest BCUT2D eigenvalue weighted by Gasteiger charge is -2.17. The third-order valence-corrected chi connectivity index (χ3v) is 5.26. The molecule has 8 heteroatoms. The molecule has 0 unspecified atom stereocenters. The highest BCUT2D eigenvalue weighted by molar-refractivity contribution is 6.46. The SMILES string of the molecule is Cc1cc(Cl)ccc1NC1=C(c2ccccc2)C(=O)N(c2cccc(C(F)(F)F)c2)C1=O. The summed E-state index contributed by atoms with van der Waals surface area (Å²) in [7, 11) is 0. The van der Waals surface area contributed by atoms with Gasteiger partial charge in [-0.2, -0.15) is 13.2 Å². The number of rotatable bonds is 4. The molecule has 1 heterocycles. The van der Waals surface area contributed by atoms with Crippen LogP contribution in [0.2, 0.25) is 5.02 Å². The van der Waals surface area contributed by atoms with Crippen LogP contribution in [-0.4, -0.2) is 11.8 Å². The summed E-state index contributed by atoms with van der Waals surface area (Å²) in [5.41, 5.74) is 0.681. The van der Waals surface area contributed by atoms with Crippen molar-refractivity contribution >= 4 is 40.4 Å². The van der Waals surface area contributed by atoms with Crippen LogP contribution in [0, 0.1) is 6.92 Å². The summed E-state index contributed by atoms with van der Waals surface area (Å²) in [5.74, 6) is -1.46. The summed E-state index contributed by atoms with van der Waals surface area (Å²) < 4.78 is 39.6. The standard InChI is InChI=1S/C24H16ClF3N2O2/c1-14-12-17(25)10-11-19(14)29-21-20(15-6-3-2-4-7-15)22(31)30(23(21)32)18-9-5-8-16(13-18)24(26,27)28/h2-13,29H,1H3. The lowest BCUT2D eigenvalue weighted by molar-refractivity contribution is -0.137. The Balaban J connectivity index is 1.82. The molecule has 0 bridgehead atoms. The molecule has 1 aliphatic heterocycles. The van der Waals surface area contributed by atoms with Gasteiger partial charge in [-0.25, -0.2) is 4.90 Å². The number of hydrogen-bond donors (Lipinski definition) is 1. The number of anilines is 2. The van der Waals surface area contributed by atoms with E-state index in [1.54, 1.807) is 55.5 Å². The van der Waals surface area contributed by atoms with Gasteiger partial charge in [-0.3, -0.25) is 9.59 Å². The van der Waals surface area contributed by atoms with E-state index in [0.29, 0.717) is 16.3 Å². The van der Waals surface area contributed by atoms with Gasteiger partial charge in [0.2, 0.25) is 0 Å². The van der Waals surface area contributed by atoms with Gasteiger partial charge in [0.25, 0.3) is 11.8 Å². The third kappa shape index (κ3) is 3.99. The van der Waals surface area contributed by atoms with Crippen molar-refractivity contribution in [1.29, 1.82) is 0 Å². The molecule has 0 atom stereocenters. The number of imide groups is 1. The van der Waals surface area contributed by atoms with Crippen molar-refractivity contribution in [3.8, 4) is 0 Å². The second-order valence-electron chi connectivity index (χ2n) is 7.19. The first-order valence-electron chi connectivity index (χ1n) is 9.56. The van der Waals surface area contributed by atoms with Crippen LogP contribution in [0.1, 0.15) is 16.7 Å². The molecule has 3 aromatic carbocycles. The molecular formula is C24H16ClF3N2O2. The molecule has 0 saturated heterocycles. The largest absolute Gasteiger partial charge is 0.416 e. The predicted molar refractivity (Wildman–Crippen MR) is 117 cm³/mol. The number of nitrogens with one attached hydrogen (secondary N) is 1. The normalized spacial score (nSPS) is 14.3. The van der Waals surface area contributed by atoms with E-state index in [-0.39, 0.29) is 17.0 Å². The van der Waals surface area contributed by atoms with E-state index in [4.69, 9.17) is 11.6 Å². The first kappa shape index (κ1) is 21.6. The number of carbonyl (C=O) groups excluding carboxylic acids is 2. The van der Waals surface area contributed by atoms with Gasteiger partial charge in [-0.1, -0.05) is 48.0 Å². The van der Waals surface area contributed by atoms with Gasteiger partial charge < -0.3 is 5.32 Å². The Labute approximate surface area is 186 Å². The minimum atomic E-state index is -4.61. The highest BCUT2D eigenvalue weighted by Gasteiger charge is 2.41. The maximum absolute atomic E-state index is 13.3. The molecule has 0 fully saturated rings. The highest BCUT2D eigenvalue weighted by Crippen LogP contribution is 2.37. The number of hydrogen-bond acceptors (Lipinski definition) is 3. The van der Waals surface area contributed by atoms with Crippen molar-refractivity contribution in [3.05, 3.63) is 100 Å². The van der Waals surface area contributed by atoms with Gasteiger partial charge >= 0.3 is 6.18 Å². The van der Waals surface area contributed by atoms with Crippen LogP contribution in [0.4, 0.5) is 24.5 Å². The van der Waals surface area contributed by atoms with Gasteiger partial charge in [0.05, 0.1) is 16.8 Å². The molecule has 3 aromatic rings. The Hall–Kier alpha value is -3.58. The van der Waals surface area contributed by atoms with Crippen molar-refractivity contribution < 1.29 is 22.8 Å². The summed E-state index contributed by atoms with van der Waals surface area (Å²) in [5, 5.41) is 3.50. The highest BCUT2D eigenvalue weighted by atomic mass is 35.5. The molecule has 0 radical (unpaired) electrons. The summed E-state index contributed by atoms with van der Waals surface area (Å²) in [6.07, 6.45) is -4.61. The number of nitrogens with zero attached hydrogens (tertiary/aromatic N) is 1. The van der Waals surface area contributed by atoms with Crippen LogP contribution in [0.25, 0.3) is 5.57 Å². The molecule has 0 spiro atoms. The Kier molecular flexibility index (Phi) is 5.52. The van der Waals surface area contributed by atoms with Crippen molar-refractivity contribution in [2.45, 2.75) is 13.1 Å². The fourth-order valence-electron chi connectivity index (χ4n) is 3.48. The number of benzene rings is 3. The molecule has 1 N–H and O–H groups in total. The minimum absolute atomic E-state index is 0.0240. The number of amides is 2. The van der Waals surface area contributed by atoms with E-state index in [1.165, 1.54) is 6.07 Å². The smallest absolute Gasteiger partial charge is 0.350 e. The van der Waals surface area contributed by atoms with Gasteiger partial charge in [0, 0.05) is 10.7 Å². The van der Waals surface area contributed by atoms with Crippen molar-refractivity contribution in [3.63, 3.8) is 0 Å². The van der Waals surface area contributed by atoms with Gasteiger partial charge in [-0.15, -0.1) is 0 Å². The zero-order valence-corrected chi connectivity index (χ0v) is 17.5. The first-order chi connectivity index (χ1) is 15.2. The van der Waals surface area contributed by atoms with E-state index in [2.05, 4.69) is 5.32 Å². The zero-order chi connectivity index (χ0) is 23.0. The summed E-state index contributed by atoms with van der Waals surface area (Å²) >= 11 is 6.00. The van der Waals surface area contributed by atoms with Crippen molar-refractivity contribution in [2.75, 3.05) is 10.2 Å². The van der Waals surface area contributed by atoms with Crippen LogP contribution in [0.3, 0.4) is 0 Å². The summed E-state index contributed by atoms with van der Waals surface area (Å²) in [6.45, 7) is 1.78. The molecule has 0 aliphatic carbocycles. The van der Waals surface area contributed by atoms with Crippen LogP contribution in [-0.2, 0) is 15.8 Å². The van der Waals surface area contributed by atoms with Gasteiger partial charge in [-0.05, 0) is 54.4 Å². The average Bonchev–Trinajstić information content (AvgIpc) is 2.99. The number of alkyl halides is 3. The Morgan fingerprint density at radius 1 is 0.875 bits per heavy atom. The van der Waals surface area contributed by atoms with E-state index in [1.807, 2.05) is 0 Å². The maximum Gasteiger partial charge on any atom is 0.416 e.